The van der Waals surface area contributed by atoms with Crippen molar-refractivity contribution in [1.82, 2.24) is 9.97 Å². The van der Waals surface area contributed by atoms with Crippen molar-refractivity contribution in [3.8, 4) is 0 Å². The van der Waals surface area contributed by atoms with Crippen molar-refractivity contribution in [2.24, 2.45) is 0 Å². The average Bonchev–Trinajstić information content (AvgIpc) is 3.03. The van der Waals surface area contributed by atoms with Crippen molar-refractivity contribution in [3.05, 3.63) is 88.9 Å². The smallest absolute Gasteiger partial charge is 0.259 e. The van der Waals surface area contributed by atoms with Gasteiger partial charge in [0.25, 0.3) is 22.2 Å². The zero-order valence-electron chi connectivity index (χ0n) is 12.0. The number of hydrogen-bond donors (Lipinski definition) is 2. The van der Waals surface area contributed by atoms with Gasteiger partial charge in [-0.25, -0.2) is 0 Å². The Morgan fingerprint density at radius 2 is 1.21 bits per heavy atom. The second-order valence-electron chi connectivity index (χ2n) is 5.36. The van der Waals surface area contributed by atoms with Crippen LogP contribution in [-0.4, -0.2) is 15.8 Å². The number of nitrogens with one attached hydrogen (secondary N) is 2. The topological polar surface area (TPSA) is 117 Å². The molecular weight excluding hydrogens is 312 g/mol. The Kier molecular flexibility index (Phi) is 2.74. The maximum atomic E-state index is 12.9. The zero-order valence-corrected chi connectivity index (χ0v) is 12.0. The van der Waals surface area contributed by atoms with E-state index in [1.807, 2.05) is 0 Å². The highest BCUT2D eigenvalue weighted by atomic mass is 16.2. The summed E-state index contributed by atoms with van der Waals surface area (Å²) in [6.07, 6.45) is 0. The fourth-order valence-electron chi connectivity index (χ4n) is 2.94. The van der Waals surface area contributed by atoms with Gasteiger partial charge in [-0.05, 0) is 6.07 Å². The Labute approximate surface area is 131 Å². The maximum absolute atomic E-state index is 12.9. The van der Waals surface area contributed by atoms with Crippen LogP contribution in [0.5, 0.6) is 0 Å². The molecule has 7 heteroatoms. The first-order chi connectivity index (χ1) is 11.5. The van der Waals surface area contributed by atoms with E-state index in [4.69, 9.17) is 0 Å². The van der Waals surface area contributed by atoms with Gasteiger partial charge in [0, 0.05) is 11.1 Å². The molecule has 116 valence electrons. The van der Waals surface area contributed by atoms with Crippen LogP contribution < -0.4 is 22.2 Å². The monoisotopic (exact) mass is 320 g/mol. The first-order valence-corrected chi connectivity index (χ1v) is 7.01. The van der Waals surface area contributed by atoms with Gasteiger partial charge >= 0.3 is 0 Å². The van der Waals surface area contributed by atoms with Gasteiger partial charge in [-0.2, -0.15) is 0 Å². The van der Waals surface area contributed by atoms with E-state index in [0.29, 0.717) is 0 Å². The molecule has 24 heavy (non-hydrogen) atoms. The number of rotatable bonds is 2. The van der Waals surface area contributed by atoms with Crippen LogP contribution in [0.25, 0.3) is 21.5 Å². The predicted octanol–water partition coefficient (Wildman–Crippen LogP) is 0.197. The van der Waals surface area contributed by atoms with Gasteiger partial charge in [-0.15, -0.1) is 0 Å². The van der Waals surface area contributed by atoms with Crippen molar-refractivity contribution in [2.45, 2.75) is 0 Å². The summed E-state index contributed by atoms with van der Waals surface area (Å²) in [5, 5.41) is -0.499. The number of fused-ring (bicyclic) bond motifs is 2. The molecule has 2 N–H and O–H groups in total. The Morgan fingerprint density at radius 3 is 1.71 bits per heavy atom. The number of ketones is 1. The van der Waals surface area contributed by atoms with E-state index in [2.05, 4.69) is 9.97 Å². The van der Waals surface area contributed by atoms with E-state index < -0.39 is 28.0 Å². The standard InChI is InChI=1S/C17H8N2O5/c20-13(7-4-2-1-3-5-7)12-10-8(14(21)18-16(10)23)6-9-11(12)17(24)19-15(9)22/h1-6H,(H,18,21,23)(H,19,22,24). The third kappa shape index (κ3) is 1.75. The van der Waals surface area contributed by atoms with Gasteiger partial charge in [-0.3, -0.25) is 33.9 Å². The molecule has 2 aromatic carbocycles. The molecule has 0 saturated heterocycles. The molecule has 2 heterocycles. The van der Waals surface area contributed by atoms with E-state index in [-0.39, 0.29) is 32.7 Å². The van der Waals surface area contributed by atoms with Crippen molar-refractivity contribution < 1.29 is 4.79 Å². The van der Waals surface area contributed by atoms with Crippen LogP contribution in [0, 0.1) is 0 Å². The molecule has 0 fully saturated rings. The molecule has 0 unspecified atom stereocenters. The third-order valence-corrected chi connectivity index (χ3v) is 3.99. The number of carbonyl (C=O) groups is 1. The summed E-state index contributed by atoms with van der Waals surface area (Å²) in [6, 6.07) is 9.20. The first-order valence-electron chi connectivity index (χ1n) is 7.01. The van der Waals surface area contributed by atoms with Crippen LogP contribution in [0.1, 0.15) is 15.9 Å². The molecule has 0 radical (unpaired) electrons. The number of benzene rings is 2. The highest BCUT2D eigenvalue weighted by Gasteiger charge is 2.25. The number of hydrogen-bond acceptors (Lipinski definition) is 5. The highest BCUT2D eigenvalue weighted by molar-refractivity contribution is 6.24. The van der Waals surface area contributed by atoms with E-state index >= 15 is 0 Å². The van der Waals surface area contributed by atoms with Crippen molar-refractivity contribution >= 4 is 27.3 Å². The molecule has 0 aliphatic rings. The van der Waals surface area contributed by atoms with Gasteiger partial charge < -0.3 is 0 Å². The zero-order chi connectivity index (χ0) is 17.0. The van der Waals surface area contributed by atoms with E-state index in [1.165, 1.54) is 18.2 Å². The summed E-state index contributed by atoms with van der Waals surface area (Å²) in [5.41, 5.74) is -2.90. The van der Waals surface area contributed by atoms with Crippen LogP contribution in [0.3, 0.4) is 0 Å². The summed E-state index contributed by atoms with van der Waals surface area (Å²) in [6.45, 7) is 0. The van der Waals surface area contributed by atoms with E-state index in [1.54, 1.807) is 18.2 Å². The number of aromatic nitrogens is 2. The quantitative estimate of drug-likeness (QED) is 0.512. The van der Waals surface area contributed by atoms with Gasteiger partial charge in [-0.1, -0.05) is 30.3 Å². The predicted molar refractivity (Wildman–Crippen MR) is 87.5 cm³/mol. The molecule has 0 aliphatic carbocycles. The van der Waals surface area contributed by atoms with Crippen molar-refractivity contribution in [2.75, 3.05) is 0 Å². The van der Waals surface area contributed by atoms with Gasteiger partial charge in [0.2, 0.25) is 0 Å². The van der Waals surface area contributed by atoms with Crippen LogP contribution in [0.4, 0.5) is 0 Å². The van der Waals surface area contributed by atoms with Crippen LogP contribution in [0.2, 0.25) is 0 Å². The summed E-state index contributed by atoms with van der Waals surface area (Å²) in [7, 11) is 0. The Morgan fingerprint density at radius 1 is 0.708 bits per heavy atom. The Bertz CT molecular complexity index is 1260. The molecule has 4 aromatic rings. The summed E-state index contributed by atoms with van der Waals surface area (Å²) >= 11 is 0. The molecule has 0 spiro atoms. The molecule has 0 aliphatic heterocycles. The minimum absolute atomic E-state index is 0.0807. The lowest BCUT2D eigenvalue weighted by atomic mass is 9.95. The molecule has 0 saturated carbocycles. The minimum atomic E-state index is -0.760. The molecule has 4 rings (SSSR count). The van der Waals surface area contributed by atoms with Gasteiger partial charge in [0.05, 0.1) is 21.5 Å². The normalized spacial score (nSPS) is 11.3. The SMILES string of the molecule is O=C(c1ccccc1)c1c2c(=O)[nH]c(=O)c2cc2c(=O)[nH]c(=O)c12. The lowest BCUT2D eigenvalue weighted by molar-refractivity contribution is 0.104. The van der Waals surface area contributed by atoms with Crippen LogP contribution in [0.15, 0.2) is 55.6 Å². The third-order valence-electron chi connectivity index (χ3n) is 3.99. The number of carbonyl (C=O) groups excluding carboxylic acids is 1. The van der Waals surface area contributed by atoms with Crippen LogP contribution >= 0.6 is 0 Å². The largest absolute Gasteiger partial charge is 0.289 e. The number of aromatic amines is 2. The minimum Gasteiger partial charge on any atom is -0.289 e. The Balaban J connectivity index is 2.29. The second kappa shape index (κ2) is 4.69. The average molecular weight is 320 g/mol. The van der Waals surface area contributed by atoms with Crippen molar-refractivity contribution in [1.29, 1.82) is 0 Å². The van der Waals surface area contributed by atoms with E-state index in [0.717, 1.165) is 0 Å². The molecule has 0 bridgehead atoms. The molecular formula is C17H8N2O5. The van der Waals surface area contributed by atoms with Crippen LogP contribution in [-0.2, 0) is 0 Å². The Hall–Kier alpha value is -3.61. The van der Waals surface area contributed by atoms with Gasteiger partial charge in [0.1, 0.15) is 0 Å². The summed E-state index contributed by atoms with van der Waals surface area (Å²) < 4.78 is 0. The fraction of sp³-hybridized carbons (Fsp3) is 0. The van der Waals surface area contributed by atoms with Crippen molar-refractivity contribution in [3.63, 3.8) is 0 Å². The first kappa shape index (κ1) is 14.0. The molecule has 7 nitrogen and oxygen atoms in total. The summed E-state index contributed by atoms with van der Waals surface area (Å²) in [5.74, 6) is -0.599. The van der Waals surface area contributed by atoms with E-state index in [9.17, 15) is 24.0 Å². The number of H-pyrrole nitrogens is 2. The molecule has 0 amide bonds. The van der Waals surface area contributed by atoms with Gasteiger partial charge in [0.15, 0.2) is 5.78 Å². The molecule has 2 aromatic heterocycles. The maximum Gasteiger partial charge on any atom is 0.259 e. The fourth-order valence-corrected chi connectivity index (χ4v) is 2.94. The second-order valence-corrected chi connectivity index (χ2v) is 5.36. The lowest BCUT2D eigenvalue weighted by Crippen LogP contribution is -2.12. The highest BCUT2D eigenvalue weighted by Crippen LogP contribution is 2.23. The lowest BCUT2D eigenvalue weighted by Gasteiger charge is -2.03. The molecule has 0 atom stereocenters. The summed E-state index contributed by atoms with van der Waals surface area (Å²) in [4.78, 5) is 65.1.